The first-order valence-electron chi connectivity index (χ1n) is 7.24. The van der Waals surface area contributed by atoms with Gasteiger partial charge in [0.15, 0.2) is 0 Å². The van der Waals surface area contributed by atoms with E-state index in [-0.39, 0.29) is 5.60 Å². The van der Waals surface area contributed by atoms with E-state index in [0.717, 1.165) is 32.1 Å². The average Bonchev–Trinajstić information content (AvgIpc) is 2.57. The van der Waals surface area contributed by atoms with E-state index in [1.807, 2.05) is 6.08 Å². The standard InChI is InChI=1S/C16H26O/c1-2-3-8-14-9-7-11-15-10-5-4-6-12-16(15,17)13-14/h2,7,9,14-15,17H,1,3-6,8,10-13H2/t14-,15+,16+/m1/s1. The molecule has 1 heteroatoms. The van der Waals surface area contributed by atoms with Crippen molar-refractivity contribution in [2.75, 3.05) is 0 Å². The van der Waals surface area contributed by atoms with Gasteiger partial charge in [-0.1, -0.05) is 37.5 Å². The topological polar surface area (TPSA) is 20.2 Å². The minimum atomic E-state index is -0.383. The van der Waals surface area contributed by atoms with Crippen LogP contribution in [0.2, 0.25) is 0 Å². The van der Waals surface area contributed by atoms with Crippen LogP contribution < -0.4 is 0 Å². The zero-order valence-corrected chi connectivity index (χ0v) is 10.9. The quantitative estimate of drug-likeness (QED) is 0.724. The first kappa shape index (κ1) is 12.9. The Kier molecular flexibility index (Phi) is 4.44. The lowest BCUT2D eigenvalue weighted by Crippen LogP contribution is -2.37. The van der Waals surface area contributed by atoms with Gasteiger partial charge in [-0.15, -0.1) is 6.58 Å². The first-order valence-corrected chi connectivity index (χ1v) is 7.24. The van der Waals surface area contributed by atoms with Gasteiger partial charge >= 0.3 is 0 Å². The van der Waals surface area contributed by atoms with Crippen LogP contribution in [-0.2, 0) is 0 Å². The summed E-state index contributed by atoms with van der Waals surface area (Å²) in [6.07, 6.45) is 17.0. The third-order valence-electron chi connectivity index (χ3n) is 4.61. The molecule has 96 valence electrons. The number of fused-ring (bicyclic) bond motifs is 1. The highest BCUT2D eigenvalue weighted by Gasteiger charge is 2.39. The van der Waals surface area contributed by atoms with Crippen LogP contribution in [-0.4, -0.2) is 10.7 Å². The molecule has 0 radical (unpaired) electrons. The molecule has 1 N–H and O–H groups in total. The molecular weight excluding hydrogens is 208 g/mol. The minimum absolute atomic E-state index is 0.383. The van der Waals surface area contributed by atoms with E-state index >= 15 is 0 Å². The smallest absolute Gasteiger partial charge is 0.0684 e. The van der Waals surface area contributed by atoms with Crippen LogP contribution in [0.15, 0.2) is 24.8 Å². The lowest BCUT2D eigenvalue weighted by molar-refractivity contribution is -0.0376. The summed E-state index contributed by atoms with van der Waals surface area (Å²) in [5.41, 5.74) is -0.383. The molecule has 2 rings (SSSR count). The fourth-order valence-corrected chi connectivity index (χ4v) is 3.56. The molecular formula is C16H26O. The van der Waals surface area contributed by atoms with Gasteiger partial charge in [-0.3, -0.25) is 0 Å². The molecule has 0 heterocycles. The molecule has 0 unspecified atom stereocenters. The molecule has 17 heavy (non-hydrogen) atoms. The Morgan fingerprint density at radius 1 is 1.35 bits per heavy atom. The molecule has 0 amide bonds. The second kappa shape index (κ2) is 5.86. The molecule has 1 nitrogen and oxygen atoms in total. The van der Waals surface area contributed by atoms with Gasteiger partial charge in [0.25, 0.3) is 0 Å². The van der Waals surface area contributed by atoms with Gasteiger partial charge in [0.05, 0.1) is 5.60 Å². The number of rotatable bonds is 3. The highest BCUT2D eigenvalue weighted by atomic mass is 16.3. The highest BCUT2D eigenvalue weighted by Crippen LogP contribution is 2.42. The summed E-state index contributed by atoms with van der Waals surface area (Å²) in [5, 5.41) is 11.0. The fourth-order valence-electron chi connectivity index (χ4n) is 3.56. The van der Waals surface area contributed by atoms with Gasteiger partial charge in [-0.2, -0.15) is 0 Å². The van der Waals surface area contributed by atoms with Crippen molar-refractivity contribution in [2.24, 2.45) is 11.8 Å². The maximum Gasteiger partial charge on any atom is 0.0684 e. The van der Waals surface area contributed by atoms with Crippen molar-refractivity contribution in [3.05, 3.63) is 24.8 Å². The molecule has 0 bridgehead atoms. The van der Waals surface area contributed by atoms with E-state index in [0.29, 0.717) is 11.8 Å². The molecule has 0 spiro atoms. The third kappa shape index (κ3) is 3.22. The van der Waals surface area contributed by atoms with E-state index in [2.05, 4.69) is 18.7 Å². The predicted octanol–water partition coefficient (Wildman–Crippen LogP) is 4.23. The molecule has 0 aliphatic heterocycles. The largest absolute Gasteiger partial charge is 0.390 e. The Labute approximate surface area is 106 Å². The van der Waals surface area contributed by atoms with E-state index in [1.165, 1.54) is 25.7 Å². The monoisotopic (exact) mass is 234 g/mol. The predicted molar refractivity (Wildman–Crippen MR) is 72.8 cm³/mol. The number of aliphatic hydroxyl groups is 1. The molecule has 0 aromatic rings. The zero-order chi connectivity index (χ0) is 12.1. The van der Waals surface area contributed by atoms with Crippen molar-refractivity contribution in [1.29, 1.82) is 0 Å². The van der Waals surface area contributed by atoms with Crippen molar-refractivity contribution >= 4 is 0 Å². The Bertz CT molecular complexity index is 281. The Morgan fingerprint density at radius 3 is 3.06 bits per heavy atom. The van der Waals surface area contributed by atoms with Crippen LogP contribution in [0.4, 0.5) is 0 Å². The minimum Gasteiger partial charge on any atom is -0.390 e. The van der Waals surface area contributed by atoms with Crippen molar-refractivity contribution < 1.29 is 5.11 Å². The van der Waals surface area contributed by atoms with Crippen LogP contribution in [0.3, 0.4) is 0 Å². The van der Waals surface area contributed by atoms with Crippen molar-refractivity contribution in [3.63, 3.8) is 0 Å². The summed E-state index contributed by atoms with van der Waals surface area (Å²) in [4.78, 5) is 0. The highest BCUT2D eigenvalue weighted by molar-refractivity contribution is 5.03. The van der Waals surface area contributed by atoms with Crippen LogP contribution in [0.1, 0.15) is 57.8 Å². The summed E-state index contributed by atoms with van der Waals surface area (Å²) in [7, 11) is 0. The van der Waals surface area contributed by atoms with Gasteiger partial charge in [0.1, 0.15) is 0 Å². The van der Waals surface area contributed by atoms with Gasteiger partial charge in [-0.05, 0) is 50.4 Å². The molecule has 0 aromatic carbocycles. The number of allylic oxidation sites excluding steroid dienone is 3. The molecule has 2 aliphatic carbocycles. The summed E-state index contributed by atoms with van der Waals surface area (Å²) >= 11 is 0. The lowest BCUT2D eigenvalue weighted by atomic mass is 9.77. The third-order valence-corrected chi connectivity index (χ3v) is 4.61. The van der Waals surface area contributed by atoms with E-state index in [9.17, 15) is 5.11 Å². The molecule has 1 saturated carbocycles. The first-order chi connectivity index (χ1) is 8.24. The Hall–Kier alpha value is -0.560. The van der Waals surface area contributed by atoms with Crippen LogP contribution in [0.5, 0.6) is 0 Å². The SMILES string of the molecule is C=CCC[C@@H]1C=CC[C@@H]2CCCCC[C@]2(O)C1. The zero-order valence-electron chi connectivity index (χ0n) is 10.9. The van der Waals surface area contributed by atoms with Crippen molar-refractivity contribution in [1.82, 2.24) is 0 Å². The van der Waals surface area contributed by atoms with Crippen LogP contribution in [0.25, 0.3) is 0 Å². The van der Waals surface area contributed by atoms with E-state index in [1.54, 1.807) is 0 Å². The van der Waals surface area contributed by atoms with E-state index < -0.39 is 0 Å². The van der Waals surface area contributed by atoms with Crippen LogP contribution >= 0.6 is 0 Å². The lowest BCUT2D eigenvalue weighted by Gasteiger charge is -2.35. The summed E-state index contributed by atoms with van der Waals surface area (Å²) in [5.74, 6) is 1.07. The fraction of sp³-hybridized carbons (Fsp3) is 0.750. The van der Waals surface area contributed by atoms with Crippen LogP contribution in [0, 0.1) is 11.8 Å². The van der Waals surface area contributed by atoms with Gasteiger partial charge in [0, 0.05) is 0 Å². The molecule has 0 saturated heterocycles. The Morgan fingerprint density at radius 2 is 2.24 bits per heavy atom. The van der Waals surface area contributed by atoms with Gasteiger partial charge < -0.3 is 5.11 Å². The summed E-state index contributed by atoms with van der Waals surface area (Å²) in [6, 6.07) is 0. The number of hydrogen-bond donors (Lipinski definition) is 1. The molecule has 3 atom stereocenters. The molecule has 2 aliphatic rings. The summed E-state index contributed by atoms with van der Waals surface area (Å²) in [6.45, 7) is 3.80. The van der Waals surface area contributed by atoms with Crippen molar-refractivity contribution in [3.8, 4) is 0 Å². The maximum absolute atomic E-state index is 11.0. The van der Waals surface area contributed by atoms with Gasteiger partial charge in [0.2, 0.25) is 0 Å². The van der Waals surface area contributed by atoms with Gasteiger partial charge in [-0.25, -0.2) is 0 Å². The van der Waals surface area contributed by atoms with Crippen molar-refractivity contribution in [2.45, 2.75) is 63.4 Å². The van der Waals surface area contributed by atoms with E-state index in [4.69, 9.17) is 0 Å². The summed E-state index contributed by atoms with van der Waals surface area (Å²) < 4.78 is 0. The molecule has 1 fully saturated rings. The second-order valence-corrected chi connectivity index (χ2v) is 5.89. The maximum atomic E-state index is 11.0. The Balaban J connectivity index is 2.05. The normalized spacial score (nSPS) is 37.9. The average molecular weight is 234 g/mol. The molecule has 0 aromatic heterocycles. The number of hydrogen-bond acceptors (Lipinski definition) is 1. The second-order valence-electron chi connectivity index (χ2n) is 5.89.